The summed E-state index contributed by atoms with van der Waals surface area (Å²) < 4.78 is 6.26. The first kappa shape index (κ1) is 18.5. The Labute approximate surface area is 166 Å². The van der Waals surface area contributed by atoms with Crippen molar-refractivity contribution in [1.29, 1.82) is 0 Å². The van der Waals surface area contributed by atoms with Gasteiger partial charge in [-0.05, 0) is 29.3 Å². The van der Waals surface area contributed by atoms with Crippen molar-refractivity contribution in [1.82, 2.24) is 19.9 Å². The number of ether oxygens (including phenoxy) is 1. The number of carbonyl (C=O) groups is 2. The molecule has 1 aliphatic heterocycles. The highest BCUT2D eigenvalue weighted by Gasteiger charge is 2.28. The molecule has 0 radical (unpaired) electrons. The average molecular weight is 390 g/mol. The summed E-state index contributed by atoms with van der Waals surface area (Å²) in [5, 5.41) is 8.16. The van der Waals surface area contributed by atoms with E-state index in [4.69, 9.17) is 4.74 Å². The Bertz CT molecular complexity index is 1180. The van der Waals surface area contributed by atoms with E-state index in [1.165, 1.54) is 11.8 Å². The maximum absolute atomic E-state index is 12.5. The molecule has 146 valence electrons. The summed E-state index contributed by atoms with van der Waals surface area (Å²) in [5.74, 6) is -0.724. The van der Waals surface area contributed by atoms with Crippen LogP contribution in [-0.4, -0.2) is 31.8 Å². The molecule has 2 aromatic carbocycles. The standard InChI is InChI=1S/C21H18N4O4/c1-14(26)24-11-10-15-6-2-3-7-16(15)19(24)12-20(27)29-13-25-21(28)17-8-4-5-9-18(17)22-23-25/h2-11,19H,12-13H2,1H3/t19-/m1/s1. The molecule has 1 aliphatic rings. The summed E-state index contributed by atoms with van der Waals surface area (Å²) in [4.78, 5) is 38.4. The van der Waals surface area contributed by atoms with Gasteiger partial charge >= 0.3 is 5.97 Å². The first-order valence-corrected chi connectivity index (χ1v) is 9.09. The molecular formula is C21H18N4O4. The number of aromatic nitrogens is 3. The van der Waals surface area contributed by atoms with Crippen LogP contribution in [0.2, 0.25) is 0 Å². The van der Waals surface area contributed by atoms with Gasteiger partial charge in [-0.1, -0.05) is 41.6 Å². The highest BCUT2D eigenvalue weighted by Crippen LogP contribution is 2.33. The van der Waals surface area contributed by atoms with Crippen molar-refractivity contribution < 1.29 is 14.3 Å². The molecule has 1 aromatic heterocycles. The third kappa shape index (κ3) is 3.64. The van der Waals surface area contributed by atoms with Crippen LogP contribution in [0.3, 0.4) is 0 Å². The number of carbonyl (C=O) groups excluding carboxylic acids is 2. The zero-order valence-corrected chi connectivity index (χ0v) is 15.7. The third-order valence-corrected chi connectivity index (χ3v) is 4.81. The van der Waals surface area contributed by atoms with Crippen LogP contribution in [0.25, 0.3) is 17.0 Å². The van der Waals surface area contributed by atoms with E-state index in [1.807, 2.05) is 30.3 Å². The van der Waals surface area contributed by atoms with Crippen LogP contribution in [0.15, 0.2) is 59.5 Å². The van der Waals surface area contributed by atoms with Gasteiger partial charge in [0.25, 0.3) is 5.56 Å². The lowest BCUT2D eigenvalue weighted by atomic mass is 9.94. The van der Waals surface area contributed by atoms with E-state index in [0.717, 1.165) is 15.8 Å². The van der Waals surface area contributed by atoms with Gasteiger partial charge in [-0.2, -0.15) is 4.68 Å². The normalized spacial score (nSPS) is 15.2. The Morgan fingerprint density at radius 2 is 1.86 bits per heavy atom. The highest BCUT2D eigenvalue weighted by atomic mass is 16.5. The van der Waals surface area contributed by atoms with E-state index < -0.39 is 12.0 Å². The zero-order valence-electron chi connectivity index (χ0n) is 15.7. The molecule has 0 spiro atoms. The van der Waals surface area contributed by atoms with Gasteiger partial charge < -0.3 is 9.64 Å². The number of rotatable bonds is 4. The topological polar surface area (TPSA) is 94.4 Å². The van der Waals surface area contributed by atoms with Crippen LogP contribution in [0.4, 0.5) is 0 Å². The monoisotopic (exact) mass is 390 g/mol. The van der Waals surface area contributed by atoms with E-state index in [9.17, 15) is 14.4 Å². The van der Waals surface area contributed by atoms with E-state index in [0.29, 0.717) is 10.9 Å². The molecule has 1 amide bonds. The maximum atomic E-state index is 12.5. The van der Waals surface area contributed by atoms with Crippen LogP contribution in [0.1, 0.15) is 30.5 Å². The van der Waals surface area contributed by atoms with Gasteiger partial charge in [-0.25, -0.2) is 0 Å². The quantitative estimate of drug-likeness (QED) is 0.634. The van der Waals surface area contributed by atoms with E-state index in [2.05, 4.69) is 10.3 Å². The highest BCUT2D eigenvalue weighted by molar-refractivity contribution is 5.80. The van der Waals surface area contributed by atoms with Crippen LogP contribution in [-0.2, 0) is 21.1 Å². The smallest absolute Gasteiger partial charge is 0.310 e. The number of esters is 1. The van der Waals surface area contributed by atoms with Gasteiger partial charge in [0, 0.05) is 13.1 Å². The van der Waals surface area contributed by atoms with Gasteiger partial charge in [0.2, 0.25) is 5.91 Å². The summed E-state index contributed by atoms with van der Waals surface area (Å²) in [5.41, 5.74) is 1.90. The zero-order chi connectivity index (χ0) is 20.4. The molecule has 0 N–H and O–H groups in total. The molecule has 29 heavy (non-hydrogen) atoms. The molecule has 0 bridgehead atoms. The molecule has 3 aromatic rings. The van der Waals surface area contributed by atoms with Crippen LogP contribution in [0.5, 0.6) is 0 Å². The fraction of sp³-hybridized carbons (Fsp3) is 0.190. The molecule has 2 heterocycles. The van der Waals surface area contributed by atoms with Crippen LogP contribution >= 0.6 is 0 Å². The molecule has 4 rings (SSSR count). The molecule has 8 nitrogen and oxygen atoms in total. The van der Waals surface area contributed by atoms with Crippen molar-refractivity contribution in [3.05, 3.63) is 76.2 Å². The SMILES string of the molecule is CC(=O)N1C=Cc2ccccc2[C@H]1CC(=O)OCn1nnc2ccccc2c1=O. The van der Waals surface area contributed by atoms with E-state index in [-0.39, 0.29) is 24.6 Å². The number of hydrogen-bond acceptors (Lipinski definition) is 6. The Balaban J connectivity index is 1.51. The first-order valence-electron chi connectivity index (χ1n) is 9.09. The van der Waals surface area contributed by atoms with Gasteiger partial charge in [0.1, 0.15) is 5.52 Å². The summed E-state index contributed by atoms with van der Waals surface area (Å²) in [6, 6.07) is 13.9. The van der Waals surface area contributed by atoms with Gasteiger partial charge in [-0.3, -0.25) is 14.4 Å². The van der Waals surface area contributed by atoms with E-state index in [1.54, 1.807) is 30.5 Å². The average Bonchev–Trinajstić information content (AvgIpc) is 2.73. The Morgan fingerprint density at radius 1 is 1.10 bits per heavy atom. The maximum Gasteiger partial charge on any atom is 0.310 e. The lowest BCUT2D eigenvalue weighted by molar-refractivity contribution is -0.150. The summed E-state index contributed by atoms with van der Waals surface area (Å²) in [6.07, 6.45) is 3.46. The molecular weight excluding hydrogens is 372 g/mol. The van der Waals surface area contributed by atoms with Crippen molar-refractivity contribution in [2.24, 2.45) is 0 Å². The fourth-order valence-corrected chi connectivity index (χ4v) is 3.37. The molecule has 8 heteroatoms. The molecule has 0 aliphatic carbocycles. The third-order valence-electron chi connectivity index (χ3n) is 4.81. The fourth-order valence-electron chi connectivity index (χ4n) is 3.37. The van der Waals surface area contributed by atoms with Gasteiger partial charge in [0.05, 0.1) is 17.8 Å². The van der Waals surface area contributed by atoms with Crippen molar-refractivity contribution in [3.63, 3.8) is 0 Å². The van der Waals surface area contributed by atoms with Gasteiger partial charge in [0.15, 0.2) is 6.73 Å². The van der Waals surface area contributed by atoms with Crippen molar-refractivity contribution in [2.75, 3.05) is 0 Å². The predicted molar refractivity (Wildman–Crippen MR) is 105 cm³/mol. The molecule has 0 saturated carbocycles. The number of nitrogens with zero attached hydrogens (tertiary/aromatic N) is 4. The van der Waals surface area contributed by atoms with Crippen molar-refractivity contribution >= 4 is 28.9 Å². The van der Waals surface area contributed by atoms with Crippen LogP contribution < -0.4 is 5.56 Å². The second-order valence-corrected chi connectivity index (χ2v) is 6.65. The minimum Gasteiger partial charge on any atom is -0.442 e. The van der Waals surface area contributed by atoms with Crippen molar-refractivity contribution in [2.45, 2.75) is 26.1 Å². The molecule has 0 saturated heterocycles. The number of benzene rings is 2. The minimum atomic E-state index is -0.548. The Hall–Kier alpha value is -3.81. The summed E-state index contributed by atoms with van der Waals surface area (Å²) in [6.45, 7) is 1.10. The number of hydrogen-bond donors (Lipinski definition) is 0. The summed E-state index contributed by atoms with van der Waals surface area (Å²) in [7, 11) is 0. The summed E-state index contributed by atoms with van der Waals surface area (Å²) >= 11 is 0. The lowest BCUT2D eigenvalue weighted by Crippen LogP contribution is -2.33. The lowest BCUT2D eigenvalue weighted by Gasteiger charge is -2.32. The molecule has 0 unspecified atom stereocenters. The predicted octanol–water partition coefficient (Wildman–Crippen LogP) is 2.26. The number of fused-ring (bicyclic) bond motifs is 2. The molecule has 0 fully saturated rings. The Kier molecular flexibility index (Phi) is 4.90. The van der Waals surface area contributed by atoms with Crippen molar-refractivity contribution in [3.8, 4) is 0 Å². The minimum absolute atomic E-state index is 0.0449. The first-order chi connectivity index (χ1) is 14.0. The second kappa shape index (κ2) is 7.67. The molecule has 1 atom stereocenters. The second-order valence-electron chi connectivity index (χ2n) is 6.65. The number of amides is 1. The largest absolute Gasteiger partial charge is 0.442 e. The Morgan fingerprint density at radius 3 is 2.69 bits per heavy atom. The van der Waals surface area contributed by atoms with E-state index >= 15 is 0 Å². The van der Waals surface area contributed by atoms with Gasteiger partial charge in [-0.15, -0.1) is 5.10 Å². The van der Waals surface area contributed by atoms with Crippen LogP contribution in [0, 0.1) is 0 Å².